The summed E-state index contributed by atoms with van der Waals surface area (Å²) >= 11 is 0. The van der Waals surface area contributed by atoms with Gasteiger partial charge in [0.25, 0.3) is 0 Å². The van der Waals surface area contributed by atoms with Gasteiger partial charge >= 0.3 is 0 Å². The molecule has 0 N–H and O–H groups in total. The van der Waals surface area contributed by atoms with Crippen LogP contribution >= 0.6 is 0 Å². The minimum Gasteiger partial charge on any atom is -0.493 e. The third-order valence-corrected chi connectivity index (χ3v) is 3.11. The Kier molecular flexibility index (Phi) is 9.51. The van der Waals surface area contributed by atoms with Crippen molar-refractivity contribution in [2.75, 3.05) is 19.8 Å². The molecule has 0 aliphatic heterocycles. The Labute approximate surface area is 129 Å². The molecule has 1 aromatic rings. The second kappa shape index (κ2) is 11.3. The molecule has 0 amide bonds. The van der Waals surface area contributed by atoms with Crippen molar-refractivity contribution in [1.82, 2.24) is 0 Å². The summed E-state index contributed by atoms with van der Waals surface area (Å²) in [6.07, 6.45) is 6.49. The number of hydrogen-bond donors (Lipinski definition) is 0. The van der Waals surface area contributed by atoms with E-state index in [1.807, 2.05) is 12.1 Å². The van der Waals surface area contributed by atoms with Crippen LogP contribution in [-0.4, -0.2) is 19.8 Å². The highest BCUT2D eigenvalue weighted by Crippen LogP contribution is 2.31. The standard InChI is InChI=1S/C18H29O3/c1-4-7-12-19-16-10-11-17(20-13-8-5-2)18(15-16)21-14-9-6-3/h10,15H,4-9,12-14H2,1-3H3. The zero-order chi connectivity index (χ0) is 15.3. The first-order valence-corrected chi connectivity index (χ1v) is 8.25. The van der Waals surface area contributed by atoms with Crippen molar-refractivity contribution in [2.24, 2.45) is 0 Å². The largest absolute Gasteiger partial charge is 0.493 e. The lowest BCUT2D eigenvalue weighted by atomic mass is 10.3. The highest BCUT2D eigenvalue weighted by Gasteiger charge is 2.08. The van der Waals surface area contributed by atoms with Gasteiger partial charge in [-0.2, -0.15) is 0 Å². The van der Waals surface area contributed by atoms with Gasteiger partial charge in [-0.05, 0) is 25.3 Å². The molecular weight excluding hydrogens is 264 g/mol. The minimum atomic E-state index is 0.697. The Balaban J connectivity index is 2.65. The molecule has 0 saturated carbocycles. The maximum Gasteiger partial charge on any atom is 0.169 e. The predicted molar refractivity (Wildman–Crippen MR) is 86.5 cm³/mol. The molecule has 21 heavy (non-hydrogen) atoms. The van der Waals surface area contributed by atoms with Crippen LogP contribution in [0.2, 0.25) is 0 Å². The summed E-state index contributed by atoms with van der Waals surface area (Å²) in [7, 11) is 0. The van der Waals surface area contributed by atoms with Crippen LogP contribution in [0.4, 0.5) is 0 Å². The maximum atomic E-state index is 5.82. The van der Waals surface area contributed by atoms with Crippen LogP contribution in [0.15, 0.2) is 12.1 Å². The molecule has 1 rings (SSSR count). The van der Waals surface area contributed by atoms with Gasteiger partial charge in [0.15, 0.2) is 11.5 Å². The van der Waals surface area contributed by atoms with Crippen molar-refractivity contribution in [3.63, 3.8) is 0 Å². The number of rotatable bonds is 12. The van der Waals surface area contributed by atoms with Crippen molar-refractivity contribution < 1.29 is 14.2 Å². The molecule has 0 aromatic heterocycles. The zero-order valence-corrected chi connectivity index (χ0v) is 13.7. The summed E-state index contributed by atoms with van der Waals surface area (Å²) < 4.78 is 17.3. The molecule has 0 fully saturated rings. The molecule has 0 atom stereocenters. The van der Waals surface area contributed by atoms with E-state index in [1.165, 1.54) is 0 Å². The van der Waals surface area contributed by atoms with Crippen molar-refractivity contribution in [2.45, 2.75) is 59.3 Å². The van der Waals surface area contributed by atoms with E-state index < -0.39 is 0 Å². The molecule has 0 spiro atoms. The molecule has 0 aliphatic rings. The average molecular weight is 293 g/mol. The first kappa shape index (κ1) is 17.7. The van der Waals surface area contributed by atoms with E-state index in [-0.39, 0.29) is 0 Å². The van der Waals surface area contributed by atoms with E-state index in [2.05, 4.69) is 26.8 Å². The summed E-state index contributed by atoms with van der Waals surface area (Å²) in [5.41, 5.74) is 0. The fourth-order valence-electron chi connectivity index (χ4n) is 1.73. The summed E-state index contributed by atoms with van der Waals surface area (Å²) in [6.45, 7) is 8.59. The molecule has 3 heteroatoms. The third kappa shape index (κ3) is 7.26. The van der Waals surface area contributed by atoms with Crippen LogP contribution in [0, 0.1) is 6.07 Å². The lowest BCUT2D eigenvalue weighted by molar-refractivity contribution is 0.257. The van der Waals surface area contributed by atoms with Gasteiger partial charge in [-0.25, -0.2) is 0 Å². The Bertz CT molecular complexity index is 377. The monoisotopic (exact) mass is 293 g/mol. The van der Waals surface area contributed by atoms with E-state index in [4.69, 9.17) is 14.2 Å². The Morgan fingerprint density at radius 2 is 1.38 bits per heavy atom. The second-order valence-electron chi connectivity index (χ2n) is 5.13. The second-order valence-corrected chi connectivity index (χ2v) is 5.13. The smallest absolute Gasteiger partial charge is 0.169 e. The molecule has 0 unspecified atom stereocenters. The van der Waals surface area contributed by atoms with Gasteiger partial charge in [0.1, 0.15) is 5.75 Å². The maximum absolute atomic E-state index is 5.82. The molecular formula is C18H29O3. The number of benzene rings is 1. The van der Waals surface area contributed by atoms with Gasteiger partial charge in [0.2, 0.25) is 0 Å². The first-order valence-electron chi connectivity index (χ1n) is 8.25. The normalized spacial score (nSPS) is 10.4. The quantitative estimate of drug-likeness (QED) is 0.506. The SMILES string of the molecule is CCCCOc1c[c]c(OCCCC)c(OCCCC)c1. The lowest BCUT2D eigenvalue weighted by Gasteiger charge is -2.14. The summed E-state index contributed by atoms with van der Waals surface area (Å²) in [4.78, 5) is 0. The van der Waals surface area contributed by atoms with Gasteiger partial charge in [-0.15, -0.1) is 0 Å². The molecule has 3 nitrogen and oxygen atoms in total. The fourth-order valence-corrected chi connectivity index (χ4v) is 1.73. The van der Waals surface area contributed by atoms with Gasteiger partial charge in [0, 0.05) is 12.1 Å². The van der Waals surface area contributed by atoms with Gasteiger partial charge in [0.05, 0.1) is 19.8 Å². The van der Waals surface area contributed by atoms with Crippen LogP contribution in [0.25, 0.3) is 0 Å². The van der Waals surface area contributed by atoms with E-state index >= 15 is 0 Å². The summed E-state index contributed by atoms with van der Waals surface area (Å²) in [6, 6.07) is 6.90. The lowest BCUT2D eigenvalue weighted by Crippen LogP contribution is -2.03. The molecule has 0 bridgehead atoms. The number of hydrogen-bond acceptors (Lipinski definition) is 3. The van der Waals surface area contributed by atoms with E-state index in [0.717, 1.165) is 56.6 Å². The predicted octanol–water partition coefficient (Wildman–Crippen LogP) is 5.02. The minimum absolute atomic E-state index is 0.697. The van der Waals surface area contributed by atoms with Crippen molar-refractivity contribution >= 4 is 0 Å². The molecule has 1 radical (unpaired) electrons. The van der Waals surface area contributed by atoms with E-state index in [9.17, 15) is 0 Å². The van der Waals surface area contributed by atoms with Crippen molar-refractivity contribution in [3.05, 3.63) is 18.2 Å². The third-order valence-electron chi connectivity index (χ3n) is 3.11. The van der Waals surface area contributed by atoms with Gasteiger partial charge < -0.3 is 14.2 Å². The van der Waals surface area contributed by atoms with Crippen molar-refractivity contribution in [3.8, 4) is 17.2 Å². The van der Waals surface area contributed by atoms with Gasteiger partial charge in [-0.1, -0.05) is 40.0 Å². The Morgan fingerprint density at radius 3 is 2.00 bits per heavy atom. The zero-order valence-electron chi connectivity index (χ0n) is 13.7. The summed E-state index contributed by atoms with van der Waals surface area (Å²) in [5, 5.41) is 0. The van der Waals surface area contributed by atoms with E-state index in [1.54, 1.807) is 0 Å². The van der Waals surface area contributed by atoms with Crippen LogP contribution < -0.4 is 14.2 Å². The molecule has 1 aromatic carbocycles. The molecule has 0 aliphatic carbocycles. The number of unbranched alkanes of at least 4 members (excludes halogenated alkanes) is 3. The fraction of sp³-hybridized carbons (Fsp3) is 0.667. The van der Waals surface area contributed by atoms with Crippen LogP contribution in [0.1, 0.15) is 59.3 Å². The number of ether oxygens (including phenoxy) is 3. The highest BCUT2D eigenvalue weighted by atomic mass is 16.5. The molecule has 0 heterocycles. The van der Waals surface area contributed by atoms with Crippen LogP contribution in [-0.2, 0) is 0 Å². The topological polar surface area (TPSA) is 27.7 Å². The molecule has 119 valence electrons. The highest BCUT2D eigenvalue weighted by molar-refractivity contribution is 5.44. The summed E-state index contributed by atoms with van der Waals surface area (Å²) in [5.74, 6) is 2.24. The first-order chi connectivity index (χ1) is 10.3. The molecule has 0 saturated heterocycles. The average Bonchev–Trinajstić information content (AvgIpc) is 2.50. The van der Waals surface area contributed by atoms with Crippen molar-refractivity contribution in [1.29, 1.82) is 0 Å². The van der Waals surface area contributed by atoms with E-state index in [0.29, 0.717) is 19.0 Å². The van der Waals surface area contributed by atoms with Gasteiger partial charge in [-0.3, -0.25) is 0 Å². The Morgan fingerprint density at radius 1 is 0.810 bits per heavy atom. The van der Waals surface area contributed by atoms with Crippen LogP contribution in [0.5, 0.6) is 17.2 Å². The van der Waals surface area contributed by atoms with Crippen LogP contribution in [0.3, 0.4) is 0 Å². The Hall–Kier alpha value is -1.38.